The highest BCUT2D eigenvalue weighted by Gasteiger charge is 2.01. The second-order valence-electron chi connectivity index (χ2n) is 2.67. The van der Waals surface area contributed by atoms with Crippen molar-refractivity contribution in [3.63, 3.8) is 0 Å². The Morgan fingerprint density at radius 1 is 1.50 bits per heavy atom. The van der Waals surface area contributed by atoms with Gasteiger partial charge in [-0.25, -0.2) is 4.98 Å². The van der Waals surface area contributed by atoms with Crippen molar-refractivity contribution in [2.45, 2.75) is 12.8 Å². The largest absolute Gasteiger partial charge is 0.441 e. The van der Waals surface area contributed by atoms with Gasteiger partial charge in [-0.3, -0.25) is 0 Å². The molecule has 12 heavy (non-hydrogen) atoms. The number of hydrogen-bond acceptors (Lipinski definition) is 2. The first-order valence-electron chi connectivity index (χ1n) is 3.71. The summed E-state index contributed by atoms with van der Waals surface area (Å²) in [6.07, 6.45) is 0. The van der Waals surface area contributed by atoms with Crippen LogP contribution in [0.2, 0.25) is 0 Å². The number of alkyl halides is 1. The average Bonchev–Trinajstić information content (AvgIpc) is 2.43. The summed E-state index contributed by atoms with van der Waals surface area (Å²) < 4.78 is 5.31. The van der Waals surface area contributed by atoms with Gasteiger partial charge in [-0.1, -0.05) is 6.07 Å². The molecule has 0 spiro atoms. The quantitative estimate of drug-likeness (QED) is 0.633. The summed E-state index contributed by atoms with van der Waals surface area (Å²) in [5.41, 5.74) is 2.77. The summed E-state index contributed by atoms with van der Waals surface area (Å²) in [6.45, 7) is 1.83. The molecule has 0 N–H and O–H groups in total. The van der Waals surface area contributed by atoms with Crippen LogP contribution in [0.1, 0.15) is 11.5 Å². The lowest BCUT2D eigenvalue weighted by atomic mass is 10.2. The monoisotopic (exact) mass is 181 g/mol. The number of aromatic nitrogens is 1. The Kier molecular flexibility index (Phi) is 1.77. The Morgan fingerprint density at radius 2 is 2.33 bits per heavy atom. The fourth-order valence-corrected chi connectivity index (χ4v) is 1.34. The van der Waals surface area contributed by atoms with E-state index in [-0.39, 0.29) is 0 Å². The molecule has 0 amide bonds. The molecule has 1 heterocycles. The van der Waals surface area contributed by atoms with Crippen molar-refractivity contribution in [1.82, 2.24) is 4.98 Å². The zero-order valence-electron chi connectivity index (χ0n) is 6.67. The van der Waals surface area contributed by atoms with E-state index in [9.17, 15) is 0 Å². The molecule has 0 radical (unpaired) electrons. The maximum absolute atomic E-state index is 5.68. The van der Waals surface area contributed by atoms with Crippen molar-refractivity contribution in [1.29, 1.82) is 0 Å². The van der Waals surface area contributed by atoms with Crippen LogP contribution in [-0.2, 0) is 5.88 Å². The summed E-state index contributed by atoms with van der Waals surface area (Å²) >= 11 is 5.68. The summed E-state index contributed by atoms with van der Waals surface area (Å²) in [5.74, 6) is 1.21. The molecule has 2 nitrogen and oxygen atoms in total. The maximum atomic E-state index is 5.68. The zero-order chi connectivity index (χ0) is 8.55. The van der Waals surface area contributed by atoms with E-state index >= 15 is 0 Å². The van der Waals surface area contributed by atoms with E-state index in [1.165, 1.54) is 0 Å². The molecule has 1 aromatic heterocycles. The molecule has 0 unspecified atom stereocenters. The van der Waals surface area contributed by atoms with Crippen molar-refractivity contribution in [3.05, 3.63) is 29.7 Å². The minimum absolute atomic E-state index is 0.516. The van der Waals surface area contributed by atoms with Gasteiger partial charge in [-0.15, -0.1) is 11.6 Å². The lowest BCUT2D eigenvalue weighted by Crippen LogP contribution is -1.76. The topological polar surface area (TPSA) is 26.0 Å². The van der Waals surface area contributed by atoms with Crippen LogP contribution in [-0.4, -0.2) is 4.98 Å². The predicted octanol–water partition coefficient (Wildman–Crippen LogP) is 2.88. The SMILES string of the molecule is Cc1nc2cc(CCl)ccc2o1. The number of halogens is 1. The third-order valence-corrected chi connectivity index (χ3v) is 2.02. The van der Waals surface area contributed by atoms with Gasteiger partial charge in [0.25, 0.3) is 0 Å². The number of oxazole rings is 1. The molecule has 0 saturated heterocycles. The normalized spacial score (nSPS) is 10.8. The number of aryl methyl sites for hydroxylation is 1. The summed E-state index contributed by atoms with van der Waals surface area (Å²) in [5, 5.41) is 0. The fourth-order valence-electron chi connectivity index (χ4n) is 1.17. The Labute approximate surface area is 75.2 Å². The Bertz CT molecular complexity index is 408. The standard InChI is InChI=1S/C9H8ClNO/c1-6-11-8-4-7(5-10)2-3-9(8)12-6/h2-4H,5H2,1H3. The molecule has 0 bridgehead atoms. The zero-order valence-corrected chi connectivity index (χ0v) is 7.43. The van der Waals surface area contributed by atoms with Gasteiger partial charge in [-0.2, -0.15) is 0 Å². The van der Waals surface area contributed by atoms with Gasteiger partial charge in [-0.05, 0) is 17.7 Å². The van der Waals surface area contributed by atoms with Crippen molar-refractivity contribution >= 4 is 22.7 Å². The Morgan fingerprint density at radius 3 is 3.08 bits per heavy atom. The molecular weight excluding hydrogens is 174 g/mol. The van der Waals surface area contributed by atoms with Crippen molar-refractivity contribution in [2.75, 3.05) is 0 Å². The first-order valence-corrected chi connectivity index (χ1v) is 4.25. The molecule has 0 fully saturated rings. The van der Waals surface area contributed by atoms with Crippen LogP contribution in [0.25, 0.3) is 11.1 Å². The third kappa shape index (κ3) is 1.18. The van der Waals surface area contributed by atoms with E-state index < -0.39 is 0 Å². The van der Waals surface area contributed by atoms with Gasteiger partial charge in [0, 0.05) is 12.8 Å². The highest BCUT2D eigenvalue weighted by Crippen LogP contribution is 2.17. The summed E-state index contributed by atoms with van der Waals surface area (Å²) in [4.78, 5) is 4.20. The smallest absolute Gasteiger partial charge is 0.192 e. The highest BCUT2D eigenvalue weighted by atomic mass is 35.5. The van der Waals surface area contributed by atoms with Gasteiger partial charge in [0.2, 0.25) is 0 Å². The number of fused-ring (bicyclic) bond motifs is 1. The average molecular weight is 182 g/mol. The molecule has 0 saturated carbocycles. The molecule has 3 heteroatoms. The van der Waals surface area contributed by atoms with Crippen LogP contribution in [0.5, 0.6) is 0 Å². The van der Waals surface area contributed by atoms with Gasteiger partial charge in [0.05, 0.1) is 0 Å². The van der Waals surface area contributed by atoms with Gasteiger partial charge < -0.3 is 4.42 Å². The van der Waals surface area contributed by atoms with E-state index in [0.717, 1.165) is 16.7 Å². The number of nitrogens with zero attached hydrogens (tertiary/aromatic N) is 1. The van der Waals surface area contributed by atoms with Crippen LogP contribution in [0.3, 0.4) is 0 Å². The molecular formula is C9H8ClNO. The van der Waals surface area contributed by atoms with Gasteiger partial charge in [0.15, 0.2) is 11.5 Å². The minimum atomic E-state index is 0.516. The van der Waals surface area contributed by atoms with Crippen molar-refractivity contribution in [2.24, 2.45) is 0 Å². The van der Waals surface area contributed by atoms with E-state index in [0.29, 0.717) is 11.8 Å². The molecule has 0 aliphatic carbocycles. The van der Waals surface area contributed by atoms with Gasteiger partial charge in [0.1, 0.15) is 5.52 Å². The third-order valence-electron chi connectivity index (χ3n) is 1.71. The van der Waals surface area contributed by atoms with Crippen LogP contribution >= 0.6 is 11.6 Å². The maximum Gasteiger partial charge on any atom is 0.192 e. The van der Waals surface area contributed by atoms with Crippen molar-refractivity contribution in [3.8, 4) is 0 Å². The summed E-state index contributed by atoms with van der Waals surface area (Å²) in [6, 6.07) is 5.78. The number of rotatable bonds is 1. The van der Waals surface area contributed by atoms with Crippen LogP contribution in [0.15, 0.2) is 22.6 Å². The van der Waals surface area contributed by atoms with E-state index in [4.69, 9.17) is 16.0 Å². The summed E-state index contributed by atoms with van der Waals surface area (Å²) in [7, 11) is 0. The highest BCUT2D eigenvalue weighted by molar-refractivity contribution is 6.17. The van der Waals surface area contributed by atoms with Gasteiger partial charge >= 0.3 is 0 Å². The minimum Gasteiger partial charge on any atom is -0.441 e. The number of benzene rings is 1. The second-order valence-corrected chi connectivity index (χ2v) is 2.94. The van der Waals surface area contributed by atoms with Crippen LogP contribution < -0.4 is 0 Å². The number of hydrogen-bond donors (Lipinski definition) is 0. The predicted molar refractivity (Wildman–Crippen MR) is 48.3 cm³/mol. The molecule has 0 aliphatic rings. The lowest BCUT2D eigenvalue weighted by molar-refractivity contribution is 0.561. The Balaban J connectivity index is 2.66. The lowest BCUT2D eigenvalue weighted by Gasteiger charge is -1.91. The molecule has 1 aromatic carbocycles. The Hall–Kier alpha value is -1.02. The first-order chi connectivity index (χ1) is 5.79. The molecule has 62 valence electrons. The fraction of sp³-hybridized carbons (Fsp3) is 0.222. The van der Waals surface area contributed by atoms with E-state index in [1.54, 1.807) is 0 Å². The van der Waals surface area contributed by atoms with E-state index in [1.807, 2.05) is 25.1 Å². The second kappa shape index (κ2) is 2.79. The van der Waals surface area contributed by atoms with Crippen LogP contribution in [0.4, 0.5) is 0 Å². The first kappa shape index (κ1) is 7.62. The molecule has 0 atom stereocenters. The van der Waals surface area contributed by atoms with E-state index in [2.05, 4.69) is 4.98 Å². The van der Waals surface area contributed by atoms with Crippen LogP contribution in [0, 0.1) is 6.92 Å². The molecule has 0 aliphatic heterocycles. The molecule has 2 aromatic rings. The molecule has 2 rings (SSSR count). The van der Waals surface area contributed by atoms with Crippen molar-refractivity contribution < 1.29 is 4.42 Å².